The number of hydrogen-bond donors (Lipinski definition) is 1. The van der Waals surface area contributed by atoms with Crippen molar-refractivity contribution in [1.82, 2.24) is 9.47 Å². The molecule has 0 saturated carbocycles. The van der Waals surface area contributed by atoms with Gasteiger partial charge in [-0.2, -0.15) is 0 Å². The van der Waals surface area contributed by atoms with Crippen molar-refractivity contribution >= 4 is 29.9 Å². The molecule has 0 fully saturated rings. The first kappa shape index (κ1) is 15.3. The summed E-state index contributed by atoms with van der Waals surface area (Å²) < 4.78 is 2.01. The third-order valence-corrected chi connectivity index (χ3v) is 2.40. The molecule has 0 aliphatic carbocycles. The molecule has 0 saturated heterocycles. The van der Waals surface area contributed by atoms with Crippen LogP contribution in [0, 0.1) is 0 Å². The van der Waals surface area contributed by atoms with Gasteiger partial charge in [0.1, 0.15) is 0 Å². The van der Waals surface area contributed by atoms with Gasteiger partial charge >= 0.3 is 0 Å². The van der Waals surface area contributed by atoms with Crippen LogP contribution in [0.2, 0.25) is 0 Å². The summed E-state index contributed by atoms with van der Waals surface area (Å²) in [5.74, 6) is 0.629. The fourth-order valence-electron chi connectivity index (χ4n) is 1.47. The van der Waals surface area contributed by atoms with E-state index in [1.807, 2.05) is 22.7 Å². The lowest BCUT2D eigenvalue weighted by Gasteiger charge is -2.19. The number of aromatic nitrogens is 1. The zero-order chi connectivity index (χ0) is 11.3. The van der Waals surface area contributed by atoms with E-state index in [0.717, 1.165) is 13.1 Å². The van der Waals surface area contributed by atoms with E-state index in [4.69, 9.17) is 5.73 Å². The fourth-order valence-corrected chi connectivity index (χ4v) is 1.47. The number of guanidine groups is 1. The number of hydrogen-bond acceptors (Lipinski definition) is 1. The van der Waals surface area contributed by atoms with Crippen molar-refractivity contribution in [1.29, 1.82) is 0 Å². The van der Waals surface area contributed by atoms with E-state index in [2.05, 4.69) is 31.1 Å². The second-order valence-corrected chi connectivity index (χ2v) is 3.53. The molecule has 0 unspecified atom stereocenters. The second kappa shape index (κ2) is 7.54. The Balaban J connectivity index is 0.00000225. The van der Waals surface area contributed by atoms with Crippen LogP contribution in [0.4, 0.5) is 0 Å². The van der Waals surface area contributed by atoms with Crippen LogP contribution in [0.1, 0.15) is 19.4 Å². The molecular formula is C11H21IN4. The molecule has 5 heteroatoms. The largest absolute Gasteiger partial charge is 0.370 e. The van der Waals surface area contributed by atoms with Gasteiger partial charge in [0.05, 0.1) is 6.54 Å². The van der Waals surface area contributed by atoms with E-state index < -0.39 is 0 Å². The van der Waals surface area contributed by atoms with Crippen molar-refractivity contribution in [2.45, 2.75) is 20.4 Å². The van der Waals surface area contributed by atoms with Gasteiger partial charge in [-0.05, 0) is 25.5 Å². The average Bonchev–Trinajstić information content (AvgIpc) is 2.63. The summed E-state index contributed by atoms with van der Waals surface area (Å²) in [6, 6.07) is 2.05. The Bertz CT molecular complexity index is 328. The van der Waals surface area contributed by atoms with Crippen LogP contribution in [-0.2, 0) is 13.6 Å². The molecule has 1 aromatic heterocycles. The minimum absolute atomic E-state index is 0. The summed E-state index contributed by atoms with van der Waals surface area (Å²) in [7, 11) is 2.00. The van der Waals surface area contributed by atoms with Gasteiger partial charge in [-0.1, -0.05) is 0 Å². The molecule has 92 valence electrons. The first-order chi connectivity index (χ1) is 7.17. The Labute approximate surface area is 115 Å². The molecule has 0 spiro atoms. The smallest absolute Gasteiger partial charge is 0.191 e. The zero-order valence-corrected chi connectivity index (χ0v) is 12.5. The molecule has 16 heavy (non-hydrogen) atoms. The van der Waals surface area contributed by atoms with Gasteiger partial charge in [0.2, 0.25) is 0 Å². The van der Waals surface area contributed by atoms with Crippen molar-refractivity contribution in [3.63, 3.8) is 0 Å². The van der Waals surface area contributed by atoms with E-state index in [9.17, 15) is 0 Å². The monoisotopic (exact) mass is 336 g/mol. The van der Waals surface area contributed by atoms with E-state index in [-0.39, 0.29) is 24.0 Å². The highest BCUT2D eigenvalue weighted by Gasteiger charge is 2.01. The standard InChI is InChI=1S/C11H20N4.HI/c1-4-15(5-2)11(12)13-8-10-6-7-14(3)9-10;/h6-7,9H,4-5,8H2,1-3H3,(H2,12,13);1H. The van der Waals surface area contributed by atoms with Gasteiger partial charge in [0, 0.05) is 32.5 Å². The Morgan fingerprint density at radius 1 is 1.44 bits per heavy atom. The van der Waals surface area contributed by atoms with Crippen LogP contribution in [0.5, 0.6) is 0 Å². The van der Waals surface area contributed by atoms with Crippen LogP contribution in [0.3, 0.4) is 0 Å². The summed E-state index contributed by atoms with van der Waals surface area (Å²) in [6.45, 7) is 6.62. The fraction of sp³-hybridized carbons (Fsp3) is 0.545. The second-order valence-electron chi connectivity index (χ2n) is 3.53. The first-order valence-electron chi connectivity index (χ1n) is 5.33. The molecule has 4 nitrogen and oxygen atoms in total. The van der Waals surface area contributed by atoms with Gasteiger partial charge in [-0.3, -0.25) is 0 Å². The van der Waals surface area contributed by atoms with Crippen LogP contribution in [0.15, 0.2) is 23.5 Å². The highest BCUT2D eigenvalue weighted by atomic mass is 127. The molecule has 0 atom stereocenters. The van der Waals surface area contributed by atoms with E-state index in [1.54, 1.807) is 0 Å². The van der Waals surface area contributed by atoms with Crippen LogP contribution >= 0.6 is 24.0 Å². The Morgan fingerprint density at radius 2 is 2.06 bits per heavy atom. The molecule has 1 rings (SSSR count). The quantitative estimate of drug-likeness (QED) is 0.518. The molecule has 1 heterocycles. The molecule has 0 amide bonds. The number of rotatable bonds is 4. The molecule has 2 N–H and O–H groups in total. The summed E-state index contributed by atoms with van der Waals surface area (Å²) in [5, 5.41) is 0. The van der Waals surface area contributed by atoms with Crippen molar-refractivity contribution in [3.8, 4) is 0 Å². The normalized spacial score (nSPS) is 11.1. The molecule has 0 bridgehead atoms. The van der Waals surface area contributed by atoms with Gasteiger partial charge in [0.15, 0.2) is 5.96 Å². The third kappa shape index (κ3) is 4.42. The van der Waals surface area contributed by atoms with E-state index in [1.165, 1.54) is 5.56 Å². The highest BCUT2D eigenvalue weighted by Crippen LogP contribution is 2.01. The Morgan fingerprint density at radius 3 is 2.50 bits per heavy atom. The third-order valence-electron chi connectivity index (χ3n) is 2.40. The van der Waals surface area contributed by atoms with Gasteiger partial charge in [-0.15, -0.1) is 24.0 Å². The predicted octanol–water partition coefficient (Wildman–Crippen LogP) is 1.80. The topological polar surface area (TPSA) is 46.5 Å². The van der Waals surface area contributed by atoms with Crippen molar-refractivity contribution in [3.05, 3.63) is 24.0 Å². The molecular weight excluding hydrogens is 315 g/mol. The van der Waals surface area contributed by atoms with E-state index >= 15 is 0 Å². The maximum Gasteiger partial charge on any atom is 0.191 e. The molecule has 0 aromatic carbocycles. The summed E-state index contributed by atoms with van der Waals surface area (Å²) in [5.41, 5.74) is 7.05. The number of nitrogens with zero attached hydrogens (tertiary/aromatic N) is 3. The van der Waals surface area contributed by atoms with E-state index in [0.29, 0.717) is 12.5 Å². The molecule has 1 aromatic rings. The maximum atomic E-state index is 5.86. The molecule has 0 radical (unpaired) electrons. The van der Waals surface area contributed by atoms with Crippen molar-refractivity contribution < 1.29 is 0 Å². The SMILES string of the molecule is CCN(CC)C(N)=NCc1ccn(C)c1.I. The van der Waals surface area contributed by atoms with Crippen LogP contribution in [-0.4, -0.2) is 28.5 Å². The van der Waals surface area contributed by atoms with Gasteiger partial charge < -0.3 is 15.2 Å². The number of halogens is 1. The lowest BCUT2D eigenvalue weighted by Crippen LogP contribution is -2.36. The van der Waals surface area contributed by atoms with Crippen LogP contribution in [0.25, 0.3) is 0 Å². The molecule has 0 aliphatic rings. The number of aryl methyl sites for hydroxylation is 1. The number of aliphatic imine (C=N–C) groups is 1. The zero-order valence-electron chi connectivity index (χ0n) is 10.2. The lowest BCUT2D eigenvalue weighted by molar-refractivity contribution is 0.458. The van der Waals surface area contributed by atoms with Gasteiger partial charge in [-0.25, -0.2) is 4.99 Å². The minimum Gasteiger partial charge on any atom is -0.370 e. The maximum absolute atomic E-state index is 5.86. The minimum atomic E-state index is 0. The summed E-state index contributed by atoms with van der Waals surface area (Å²) in [6.07, 6.45) is 4.07. The summed E-state index contributed by atoms with van der Waals surface area (Å²) in [4.78, 5) is 6.40. The van der Waals surface area contributed by atoms with Crippen molar-refractivity contribution in [2.75, 3.05) is 13.1 Å². The Kier molecular flexibility index (Phi) is 7.20. The highest BCUT2D eigenvalue weighted by molar-refractivity contribution is 14.0. The number of nitrogens with two attached hydrogens (primary N) is 1. The lowest BCUT2D eigenvalue weighted by atomic mass is 10.3. The van der Waals surface area contributed by atoms with Gasteiger partial charge in [0.25, 0.3) is 0 Å². The Hall–Kier alpha value is -0.720. The summed E-state index contributed by atoms with van der Waals surface area (Å²) >= 11 is 0. The molecule has 0 aliphatic heterocycles. The first-order valence-corrected chi connectivity index (χ1v) is 5.33. The average molecular weight is 336 g/mol. The van der Waals surface area contributed by atoms with Crippen LogP contribution < -0.4 is 5.73 Å². The predicted molar refractivity (Wildman–Crippen MR) is 79.1 cm³/mol. The van der Waals surface area contributed by atoms with Crippen molar-refractivity contribution in [2.24, 2.45) is 17.8 Å².